The van der Waals surface area contributed by atoms with Crippen LogP contribution in [0.2, 0.25) is 0 Å². The number of aromatic nitrogens is 5. The Morgan fingerprint density at radius 1 is 1.13 bits per heavy atom. The number of amides is 1. The summed E-state index contributed by atoms with van der Waals surface area (Å²) in [5.41, 5.74) is 2.31. The second-order valence-corrected chi connectivity index (χ2v) is 6.43. The molecule has 1 aromatic carbocycles. The Labute approximate surface area is 170 Å². The van der Waals surface area contributed by atoms with Gasteiger partial charge in [0.05, 0.1) is 24.0 Å². The molecular weight excluding hydrogens is 388 g/mol. The maximum atomic E-state index is 12.7. The monoisotopic (exact) mass is 404 g/mol. The van der Waals surface area contributed by atoms with Gasteiger partial charge in [-0.25, -0.2) is 0 Å². The highest BCUT2D eigenvalue weighted by Gasteiger charge is 2.19. The Balaban J connectivity index is 1.30. The third kappa shape index (κ3) is 3.46. The molecule has 2 N–H and O–H groups in total. The average Bonchev–Trinajstić information content (AvgIpc) is 3.48. The molecule has 1 aliphatic heterocycles. The van der Waals surface area contributed by atoms with Crippen LogP contribution in [-0.4, -0.2) is 44.4 Å². The zero-order valence-corrected chi connectivity index (χ0v) is 15.7. The highest BCUT2D eigenvalue weighted by atomic mass is 16.6. The van der Waals surface area contributed by atoms with Crippen LogP contribution in [0.25, 0.3) is 22.8 Å². The minimum absolute atomic E-state index is 0.0738. The molecule has 0 saturated heterocycles. The lowest BCUT2D eigenvalue weighted by Gasteiger charge is -2.18. The Kier molecular flexibility index (Phi) is 4.56. The minimum atomic E-state index is -0.328. The van der Waals surface area contributed by atoms with Gasteiger partial charge in [-0.2, -0.15) is 10.1 Å². The summed E-state index contributed by atoms with van der Waals surface area (Å²) in [6, 6.07) is 10.9. The number of hydrogen-bond donors (Lipinski definition) is 2. The van der Waals surface area contributed by atoms with Crippen LogP contribution in [0.1, 0.15) is 16.2 Å². The summed E-state index contributed by atoms with van der Waals surface area (Å²) in [5, 5.41) is 13.5. The van der Waals surface area contributed by atoms with Crippen LogP contribution < -0.4 is 14.8 Å². The number of nitrogens with zero attached hydrogens (tertiary/aromatic N) is 4. The third-order valence-corrected chi connectivity index (χ3v) is 4.48. The van der Waals surface area contributed by atoms with Crippen molar-refractivity contribution in [2.24, 2.45) is 0 Å². The van der Waals surface area contributed by atoms with Crippen molar-refractivity contribution < 1.29 is 18.8 Å². The van der Waals surface area contributed by atoms with Crippen LogP contribution in [0.4, 0.5) is 0 Å². The second-order valence-electron chi connectivity index (χ2n) is 6.43. The van der Waals surface area contributed by atoms with Crippen molar-refractivity contribution in [2.45, 2.75) is 6.54 Å². The van der Waals surface area contributed by atoms with E-state index in [-0.39, 0.29) is 18.3 Å². The molecule has 30 heavy (non-hydrogen) atoms. The molecule has 0 aliphatic carbocycles. The molecule has 4 aromatic rings. The van der Waals surface area contributed by atoms with Crippen LogP contribution >= 0.6 is 0 Å². The van der Waals surface area contributed by atoms with Crippen molar-refractivity contribution in [3.8, 4) is 34.3 Å². The van der Waals surface area contributed by atoms with E-state index < -0.39 is 0 Å². The van der Waals surface area contributed by atoms with Gasteiger partial charge in [0.2, 0.25) is 11.7 Å². The van der Waals surface area contributed by atoms with E-state index in [0.717, 1.165) is 5.56 Å². The van der Waals surface area contributed by atoms with Gasteiger partial charge in [0.15, 0.2) is 11.5 Å². The van der Waals surface area contributed by atoms with Crippen LogP contribution in [-0.2, 0) is 6.54 Å². The summed E-state index contributed by atoms with van der Waals surface area (Å²) >= 11 is 0. The first-order chi connectivity index (χ1) is 14.8. The Bertz CT molecular complexity index is 1190. The number of H-pyrrole nitrogens is 1. The number of benzene rings is 1. The van der Waals surface area contributed by atoms with Crippen LogP contribution in [0.3, 0.4) is 0 Å². The lowest BCUT2D eigenvalue weighted by Crippen LogP contribution is -2.23. The normalized spacial score (nSPS) is 12.5. The average molecular weight is 404 g/mol. The van der Waals surface area contributed by atoms with Gasteiger partial charge in [0.1, 0.15) is 18.9 Å². The third-order valence-electron chi connectivity index (χ3n) is 4.48. The first kappa shape index (κ1) is 17.9. The van der Waals surface area contributed by atoms with Crippen LogP contribution in [0, 0.1) is 0 Å². The lowest BCUT2D eigenvalue weighted by atomic mass is 10.1. The number of carbonyl (C=O) groups is 1. The fourth-order valence-corrected chi connectivity index (χ4v) is 3.05. The molecule has 0 fully saturated rings. The molecule has 0 bridgehead atoms. The molecule has 0 atom stereocenters. The van der Waals surface area contributed by atoms with Gasteiger partial charge in [-0.3, -0.25) is 14.9 Å². The summed E-state index contributed by atoms with van der Waals surface area (Å²) in [6.07, 6.45) is 3.11. The van der Waals surface area contributed by atoms with Gasteiger partial charge in [0.25, 0.3) is 5.91 Å². The van der Waals surface area contributed by atoms with Gasteiger partial charge in [-0.05, 0) is 30.3 Å². The Morgan fingerprint density at radius 2 is 2.03 bits per heavy atom. The number of ether oxygens (including phenoxy) is 2. The summed E-state index contributed by atoms with van der Waals surface area (Å²) < 4.78 is 16.3. The number of rotatable bonds is 5. The van der Waals surface area contributed by atoms with Gasteiger partial charge in [0, 0.05) is 11.8 Å². The molecule has 1 aliphatic rings. The van der Waals surface area contributed by atoms with Crippen LogP contribution in [0.5, 0.6) is 11.5 Å². The largest absolute Gasteiger partial charge is 0.486 e. The SMILES string of the molecule is O=C(NCc1nc(-c2ccccn2)no1)c1cn[nH]c1-c1ccc2c(c1)OCCO2. The fourth-order valence-electron chi connectivity index (χ4n) is 3.05. The molecule has 0 radical (unpaired) electrons. The van der Waals surface area contributed by atoms with Crippen LogP contribution in [0.15, 0.2) is 53.3 Å². The van der Waals surface area contributed by atoms with Crippen molar-refractivity contribution in [3.63, 3.8) is 0 Å². The predicted octanol–water partition coefficient (Wildman–Crippen LogP) is 2.22. The quantitative estimate of drug-likeness (QED) is 0.518. The highest BCUT2D eigenvalue weighted by Crippen LogP contribution is 2.34. The second kappa shape index (κ2) is 7.66. The number of nitrogens with one attached hydrogen (secondary N) is 2. The Hall–Kier alpha value is -4.21. The van der Waals surface area contributed by atoms with Gasteiger partial charge < -0.3 is 19.3 Å². The molecule has 10 nitrogen and oxygen atoms in total. The molecule has 0 unspecified atom stereocenters. The molecule has 150 valence electrons. The van der Waals surface area contributed by atoms with Gasteiger partial charge in [-0.1, -0.05) is 11.2 Å². The highest BCUT2D eigenvalue weighted by molar-refractivity contribution is 5.99. The molecule has 0 saturated carbocycles. The standard InChI is InChI=1S/C20H16N6O4/c27-20(22-11-17-24-19(26-30-17)14-3-1-2-6-21-14)13-10-23-25-18(13)12-4-5-15-16(9-12)29-8-7-28-15/h1-6,9-10H,7-8,11H2,(H,22,27)(H,23,25). The van der Waals surface area contributed by atoms with Gasteiger partial charge >= 0.3 is 0 Å². The number of hydrogen-bond acceptors (Lipinski definition) is 8. The minimum Gasteiger partial charge on any atom is -0.486 e. The fraction of sp³-hybridized carbons (Fsp3) is 0.150. The summed E-state index contributed by atoms with van der Waals surface area (Å²) in [7, 11) is 0. The van der Waals surface area contributed by atoms with Crippen molar-refractivity contribution in [1.29, 1.82) is 0 Å². The molecule has 10 heteroatoms. The number of carbonyl (C=O) groups excluding carboxylic acids is 1. The van der Waals surface area contributed by atoms with E-state index in [2.05, 4.69) is 30.6 Å². The van der Waals surface area contributed by atoms with E-state index in [4.69, 9.17) is 14.0 Å². The zero-order chi connectivity index (χ0) is 20.3. The number of fused-ring (bicyclic) bond motifs is 1. The molecule has 0 spiro atoms. The van der Waals surface area contributed by atoms with Crippen molar-refractivity contribution in [1.82, 2.24) is 30.6 Å². The molecule has 3 aromatic heterocycles. The smallest absolute Gasteiger partial charge is 0.255 e. The molecule has 5 rings (SSSR count). The van der Waals surface area contributed by atoms with Gasteiger partial charge in [-0.15, -0.1) is 0 Å². The number of aromatic amines is 1. The zero-order valence-electron chi connectivity index (χ0n) is 15.7. The van der Waals surface area contributed by atoms with E-state index >= 15 is 0 Å². The Morgan fingerprint density at radius 3 is 2.90 bits per heavy atom. The van der Waals surface area contributed by atoms with E-state index in [9.17, 15) is 4.79 Å². The summed E-state index contributed by atoms with van der Waals surface area (Å²) in [6.45, 7) is 1.07. The topological polar surface area (TPSA) is 128 Å². The predicted molar refractivity (Wildman–Crippen MR) is 104 cm³/mol. The maximum Gasteiger partial charge on any atom is 0.255 e. The first-order valence-electron chi connectivity index (χ1n) is 9.23. The van der Waals surface area contributed by atoms with E-state index in [0.29, 0.717) is 47.5 Å². The lowest BCUT2D eigenvalue weighted by molar-refractivity contribution is 0.0947. The van der Waals surface area contributed by atoms with Crippen molar-refractivity contribution in [2.75, 3.05) is 13.2 Å². The maximum absolute atomic E-state index is 12.7. The van der Waals surface area contributed by atoms with E-state index in [1.165, 1.54) is 6.20 Å². The number of pyridine rings is 1. The van der Waals surface area contributed by atoms with Crippen molar-refractivity contribution >= 4 is 5.91 Å². The molecule has 1 amide bonds. The van der Waals surface area contributed by atoms with E-state index in [1.807, 2.05) is 24.3 Å². The molecule has 4 heterocycles. The van der Waals surface area contributed by atoms with Crippen molar-refractivity contribution in [3.05, 3.63) is 60.2 Å². The molecular formula is C20H16N6O4. The van der Waals surface area contributed by atoms with E-state index in [1.54, 1.807) is 18.3 Å². The first-order valence-corrected chi connectivity index (χ1v) is 9.23. The summed E-state index contributed by atoms with van der Waals surface area (Å²) in [4.78, 5) is 21.1. The summed E-state index contributed by atoms with van der Waals surface area (Å²) in [5.74, 6) is 1.61.